The average molecular weight is 463 g/mol. The molecule has 3 aromatic heterocycles. The molecular weight excluding hydrogens is 440 g/mol. The maximum atomic E-state index is 13.3. The van der Waals surface area contributed by atoms with Crippen molar-refractivity contribution in [3.8, 4) is 11.3 Å². The van der Waals surface area contributed by atoms with Gasteiger partial charge in [-0.1, -0.05) is 32.4 Å². The molecule has 0 bridgehead atoms. The summed E-state index contributed by atoms with van der Waals surface area (Å²) >= 11 is 6.24. The summed E-state index contributed by atoms with van der Waals surface area (Å²) in [4.78, 5) is 21.0. The van der Waals surface area contributed by atoms with Crippen molar-refractivity contribution < 1.29 is 18.3 Å². The maximum absolute atomic E-state index is 13.3. The van der Waals surface area contributed by atoms with Gasteiger partial charge in [0.2, 0.25) is 0 Å². The highest BCUT2D eigenvalue weighted by atomic mass is 35.5. The molecule has 0 spiro atoms. The van der Waals surface area contributed by atoms with Crippen LogP contribution in [0, 0.1) is 5.41 Å². The Hall–Kier alpha value is -2.91. The maximum Gasteiger partial charge on any atom is 0.407 e. The predicted octanol–water partition coefficient (Wildman–Crippen LogP) is 4.36. The lowest BCUT2D eigenvalue weighted by Gasteiger charge is -2.27. The summed E-state index contributed by atoms with van der Waals surface area (Å²) in [6.45, 7) is 6.10. The molecule has 0 saturated carbocycles. The summed E-state index contributed by atoms with van der Waals surface area (Å²) in [6.07, 6.45) is 4.58. The molecule has 0 atom stereocenters. The van der Waals surface area contributed by atoms with Gasteiger partial charge >= 0.3 is 6.09 Å². The van der Waals surface area contributed by atoms with Crippen LogP contribution >= 0.6 is 11.6 Å². The number of rotatable bonds is 6. The molecule has 10 heteroatoms. The fraction of sp³-hybridized carbons (Fsp3) is 0.286. The first-order valence-corrected chi connectivity index (χ1v) is 11.3. The van der Waals surface area contributed by atoms with Crippen molar-refractivity contribution in [2.45, 2.75) is 32.2 Å². The summed E-state index contributed by atoms with van der Waals surface area (Å²) in [5.41, 5.74) is 0.950. The second-order valence-corrected chi connectivity index (χ2v) is 10.4. The Labute approximate surface area is 186 Å². The van der Waals surface area contributed by atoms with Crippen molar-refractivity contribution in [2.75, 3.05) is 6.54 Å². The summed E-state index contributed by atoms with van der Waals surface area (Å²) in [6, 6.07) is 7.91. The highest BCUT2D eigenvalue weighted by Gasteiger charge is 2.26. The third-order valence-electron chi connectivity index (χ3n) is 4.38. The van der Waals surface area contributed by atoms with Crippen LogP contribution in [0.25, 0.3) is 11.3 Å². The van der Waals surface area contributed by atoms with Gasteiger partial charge < -0.3 is 10.0 Å². The van der Waals surface area contributed by atoms with Crippen LogP contribution in [0.1, 0.15) is 26.3 Å². The Balaban J connectivity index is 2.13. The summed E-state index contributed by atoms with van der Waals surface area (Å²) < 4.78 is 27.8. The number of carbonyl (C=O) groups is 1. The third kappa shape index (κ3) is 5.23. The van der Waals surface area contributed by atoms with Crippen LogP contribution in [0.2, 0.25) is 5.15 Å². The zero-order chi connectivity index (χ0) is 22.8. The lowest BCUT2D eigenvalue weighted by molar-refractivity contribution is 0.123. The molecule has 0 aliphatic heterocycles. The van der Waals surface area contributed by atoms with E-state index < -0.39 is 16.1 Å². The van der Waals surface area contributed by atoms with Gasteiger partial charge in [-0.3, -0.25) is 4.98 Å². The zero-order valence-electron chi connectivity index (χ0n) is 17.4. The molecule has 3 rings (SSSR count). The Morgan fingerprint density at radius 1 is 1.23 bits per heavy atom. The molecule has 0 aliphatic rings. The summed E-state index contributed by atoms with van der Waals surface area (Å²) in [5, 5.41) is 9.77. The van der Waals surface area contributed by atoms with Gasteiger partial charge in [-0.05, 0) is 41.3 Å². The van der Waals surface area contributed by atoms with Crippen LogP contribution in [0.15, 0.2) is 60.0 Å². The zero-order valence-corrected chi connectivity index (χ0v) is 18.9. The normalized spacial score (nSPS) is 12.0. The van der Waals surface area contributed by atoms with Crippen LogP contribution < -0.4 is 0 Å². The van der Waals surface area contributed by atoms with Gasteiger partial charge in [0.15, 0.2) is 0 Å². The quantitative estimate of drug-likeness (QED) is 0.545. The molecule has 0 saturated heterocycles. The van der Waals surface area contributed by atoms with E-state index in [9.17, 15) is 18.3 Å². The number of halogens is 1. The third-order valence-corrected chi connectivity index (χ3v) is 6.34. The Morgan fingerprint density at radius 3 is 2.52 bits per heavy atom. The minimum Gasteiger partial charge on any atom is -0.465 e. The second kappa shape index (κ2) is 8.68. The fourth-order valence-electron chi connectivity index (χ4n) is 3.15. The van der Waals surface area contributed by atoms with Crippen molar-refractivity contribution in [2.24, 2.45) is 5.41 Å². The number of amides is 1. The molecule has 0 radical (unpaired) electrons. The van der Waals surface area contributed by atoms with E-state index in [1.807, 2.05) is 20.8 Å². The van der Waals surface area contributed by atoms with Gasteiger partial charge in [0, 0.05) is 36.9 Å². The van der Waals surface area contributed by atoms with Gasteiger partial charge in [0.05, 0.1) is 12.2 Å². The van der Waals surface area contributed by atoms with Crippen molar-refractivity contribution in [1.82, 2.24) is 18.8 Å². The number of hydrogen-bond acceptors (Lipinski definition) is 5. The smallest absolute Gasteiger partial charge is 0.407 e. The second-order valence-electron chi connectivity index (χ2n) is 8.26. The SMILES string of the molecule is CC(C)(C)CN(Cc1cc(-c2cccnc2Cl)n(S(=O)(=O)c2cccnc2)c1)C(=O)O. The minimum absolute atomic E-state index is 0.00296. The van der Waals surface area contributed by atoms with Crippen LogP contribution in [-0.4, -0.2) is 45.0 Å². The summed E-state index contributed by atoms with van der Waals surface area (Å²) in [5.74, 6) is 0. The largest absolute Gasteiger partial charge is 0.465 e. The van der Waals surface area contributed by atoms with E-state index in [2.05, 4.69) is 9.97 Å². The molecule has 0 aromatic carbocycles. The number of nitrogens with zero attached hydrogens (tertiary/aromatic N) is 4. The molecule has 1 amide bonds. The van der Waals surface area contributed by atoms with Gasteiger partial charge in [-0.15, -0.1) is 0 Å². The standard InChI is InChI=1S/C21H23ClN4O4S/c1-21(2,3)14-25(20(27)28)12-15-10-18(17-7-5-9-24-19(17)22)26(13-15)31(29,30)16-6-4-8-23-11-16/h4-11,13H,12,14H2,1-3H3,(H,27,28). The van der Waals surface area contributed by atoms with Gasteiger partial charge in [-0.2, -0.15) is 0 Å². The monoisotopic (exact) mass is 462 g/mol. The average Bonchev–Trinajstić information content (AvgIpc) is 3.12. The molecule has 3 aromatic rings. The van der Waals surface area contributed by atoms with Crippen LogP contribution in [0.3, 0.4) is 0 Å². The van der Waals surface area contributed by atoms with E-state index in [1.165, 1.54) is 41.8 Å². The van der Waals surface area contributed by atoms with E-state index in [4.69, 9.17) is 11.6 Å². The molecule has 1 N–H and O–H groups in total. The van der Waals surface area contributed by atoms with Crippen LogP contribution in [-0.2, 0) is 16.6 Å². The van der Waals surface area contributed by atoms with E-state index in [0.29, 0.717) is 11.1 Å². The number of carboxylic acid groups (broad SMARTS) is 1. The molecular formula is C21H23ClN4O4S. The number of pyridine rings is 2. The highest BCUT2D eigenvalue weighted by molar-refractivity contribution is 7.90. The van der Waals surface area contributed by atoms with Gasteiger partial charge in [-0.25, -0.2) is 22.2 Å². The van der Waals surface area contributed by atoms with E-state index in [0.717, 1.165) is 3.97 Å². The minimum atomic E-state index is -4.00. The lowest BCUT2D eigenvalue weighted by atomic mass is 9.96. The lowest BCUT2D eigenvalue weighted by Crippen LogP contribution is -2.36. The van der Waals surface area contributed by atoms with E-state index >= 15 is 0 Å². The topological polar surface area (TPSA) is 105 Å². The molecule has 8 nitrogen and oxygen atoms in total. The predicted molar refractivity (Wildman–Crippen MR) is 117 cm³/mol. The Bertz CT molecular complexity index is 1190. The molecule has 0 aliphatic carbocycles. The Kier molecular flexibility index (Phi) is 6.38. The summed E-state index contributed by atoms with van der Waals surface area (Å²) in [7, 11) is -4.00. The first-order chi connectivity index (χ1) is 14.5. The number of aromatic nitrogens is 3. The van der Waals surface area contributed by atoms with Gasteiger partial charge in [0.1, 0.15) is 10.0 Å². The van der Waals surface area contributed by atoms with Crippen LogP contribution in [0.4, 0.5) is 4.79 Å². The van der Waals surface area contributed by atoms with Crippen molar-refractivity contribution in [1.29, 1.82) is 0 Å². The van der Waals surface area contributed by atoms with E-state index in [-0.39, 0.29) is 34.2 Å². The highest BCUT2D eigenvalue weighted by Crippen LogP contribution is 2.31. The van der Waals surface area contributed by atoms with Crippen LogP contribution in [0.5, 0.6) is 0 Å². The van der Waals surface area contributed by atoms with Crippen molar-refractivity contribution in [3.05, 3.63) is 65.8 Å². The van der Waals surface area contributed by atoms with E-state index in [1.54, 1.807) is 18.2 Å². The number of hydrogen-bond donors (Lipinski definition) is 1. The molecule has 3 heterocycles. The molecule has 31 heavy (non-hydrogen) atoms. The van der Waals surface area contributed by atoms with Crippen molar-refractivity contribution in [3.63, 3.8) is 0 Å². The Morgan fingerprint density at radius 2 is 1.94 bits per heavy atom. The first kappa shape index (κ1) is 22.8. The molecule has 0 fully saturated rings. The molecule has 164 valence electrons. The fourth-order valence-corrected chi connectivity index (χ4v) is 4.72. The molecule has 0 unspecified atom stereocenters. The van der Waals surface area contributed by atoms with Crippen molar-refractivity contribution >= 4 is 27.7 Å². The first-order valence-electron chi connectivity index (χ1n) is 9.45. The van der Waals surface area contributed by atoms with Gasteiger partial charge in [0.25, 0.3) is 10.0 Å².